The summed E-state index contributed by atoms with van der Waals surface area (Å²) in [7, 11) is 0. The van der Waals surface area contributed by atoms with E-state index in [1.54, 1.807) is 0 Å². The van der Waals surface area contributed by atoms with E-state index in [9.17, 15) is 9.59 Å². The Morgan fingerprint density at radius 2 is 1.89 bits per heavy atom. The highest BCUT2D eigenvalue weighted by Gasteiger charge is 2.41. The van der Waals surface area contributed by atoms with Gasteiger partial charge in [0.1, 0.15) is 12.4 Å². The summed E-state index contributed by atoms with van der Waals surface area (Å²) in [5, 5.41) is 11.6. The monoisotopic (exact) mass is 263 g/mol. The lowest BCUT2D eigenvalue weighted by atomic mass is 9.73. The number of carboxylic acids is 1. The molecule has 0 radical (unpaired) electrons. The van der Waals surface area contributed by atoms with Crippen LogP contribution >= 0.6 is 0 Å². The Kier molecular flexibility index (Phi) is 4.39. The summed E-state index contributed by atoms with van der Waals surface area (Å²) in [6.07, 6.45) is 1.25. The lowest BCUT2D eigenvalue weighted by Gasteiger charge is -2.31. The Morgan fingerprint density at radius 3 is 2.47 bits per heavy atom. The van der Waals surface area contributed by atoms with Crippen LogP contribution in [-0.4, -0.2) is 30.1 Å². The molecule has 2 unspecified atom stereocenters. The molecule has 0 aromatic heterocycles. The van der Waals surface area contributed by atoms with E-state index in [-0.39, 0.29) is 11.8 Å². The molecule has 102 valence electrons. The van der Waals surface area contributed by atoms with Crippen LogP contribution in [0.5, 0.6) is 5.75 Å². The second-order valence-electron chi connectivity index (χ2n) is 4.58. The highest BCUT2D eigenvalue weighted by molar-refractivity contribution is 5.86. The van der Waals surface area contributed by atoms with Gasteiger partial charge in [-0.15, -0.1) is 0 Å². The third-order valence-electron chi connectivity index (χ3n) is 3.34. The SMILES string of the molecule is O=C(O)C1CCC1C(=O)NCCOc1ccccc1. The largest absolute Gasteiger partial charge is 0.492 e. The van der Waals surface area contributed by atoms with Crippen LogP contribution in [0, 0.1) is 11.8 Å². The summed E-state index contributed by atoms with van der Waals surface area (Å²) >= 11 is 0. The molecule has 0 saturated heterocycles. The van der Waals surface area contributed by atoms with Gasteiger partial charge in [0.25, 0.3) is 0 Å². The molecule has 1 amide bonds. The molecule has 0 bridgehead atoms. The molecule has 2 atom stereocenters. The Balaban J connectivity index is 1.66. The van der Waals surface area contributed by atoms with Crippen molar-refractivity contribution in [2.45, 2.75) is 12.8 Å². The molecule has 19 heavy (non-hydrogen) atoms. The van der Waals surface area contributed by atoms with E-state index in [1.165, 1.54) is 0 Å². The van der Waals surface area contributed by atoms with Crippen molar-refractivity contribution in [3.8, 4) is 5.75 Å². The van der Waals surface area contributed by atoms with Gasteiger partial charge in [0.2, 0.25) is 5.91 Å². The molecule has 0 heterocycles. The number of para-hydroxylation sites is 1. The number of benzene rings is 1. The van der Waals surface area contributed by atoms with E-state index < -0.39 is 11.9 Å². The average molecular weight is 263 g/mol. The number of hydrogen-bond donors (Lipinski definition) is 2. The quantitative estimate of drug-likeness (QED) is 0.758. The Labute approximate surface area is 111 Å². The Morgan fingerprint density at radius 1 is 1.21 bits per heavy atom. The predicted molar refractivity (Wildman–Crippen MR) is 68.8 cm³/mol. The third-order valence-corrected chi connectivity index (χ3v) is 3.34. The third kappa shape index (κ3) is 3.47. The van der Waals surface area contributed by atoms with Gasteiger partial charge in [-0.1, -0.05) is 18.2 Å². The topological polar surface area (TPSA) is 75.6 Å². The van der Waals surface area contributed by atoms with Crippen LogP contribution in [0.3, 0.4) is 0 Å². The minimum Gasteiger partial charge on any atom is -0.492 e. The molecule has 0 aliphatic heterocycles. The van der Waals surface area contributed by atoms with Gasteiger partial charge < -0.3 is 15.2 Å². The second-order valence-corrected chi connectivity index (χ2v) is 4.58. The molecule has 1 aliphatic carbocycles. The van der Waals surface area contributed by atoms with Crippen LogP contribution in [-0.2, 0) is 9.59 Å². The Hall–Kier alpha value is -2.04. The fourth-order valence-electron chi connectivity index (χ4n) is 2.10. The zero-order valence-electron chi connectivity index (χ0n) is 10.5. The van der Waals surface area contributed by atoms with Crippen LogP contribution in [0.15, 0.2) is 30.3 Å². The number of aliphatic carboxylic acids is 1. The van der Waals surface area contributed by atoms with Gasteiger partial charge in [0.15, 0.2) is 0 Å². The maximum atomic E-state index is 11.7. The molecule has 1 fully saturated rings. The number of carbonyl (C=O) groups is 2. The molecule has 1 aromatic rings. The number of ether oxygens (including phenoxy) is 1. The first-order valence-corrected chi connectivity index (χ1v) is 6.37. The number of carbonyl (C=O) groups excluding carboxylic acids is 1. The van der Waals surface area contributed by atoms with Crippen LogP contribution in [0.25, 0.3) is 0 Å². The molecule has 5 heteroatoms. The molecule has 5 nitrogen and oxygen atoms in total. The maximum absolute atomic E-state index is 11.7. The van der Waals surface area contributed by atoms with Gasteiger partial charge in [-0.05, 0) is 25.0 Å². The molecular formula is C14H17NO4. The van der Waals surface area contributed by atoms with Crippen molar-refractivity contribution in [1.82, 2.24) is 5.32 Å². The number of hydrogen-bond acceptors (Lipinski definition) is 3. The van der Waals surface area contributed by atoms with Crippen molar-refractivity contribution < 1.29 is 19.4 Å². The zero-order valence-corrected chi connectivity index (χ0v) is 10.5. The standard InChI is InChI=1S/C14H17NO4/c16-13(11-6-7-12(11)14(17)18)15-8-9-19-10-4-2-1-3-5-10/h1-5,11-12H,6-9H2,(H,15,16)(H,17,18). The predicted octanol–water partition coefficient (Wildman–Crippen LogP) is 1.29. The number of nitrogens with one attached hydrogen (secondary N) is 1. The fourth-order valence-corrected chi connectivity index (χ4v) is 2.10. The van der Waals surface area contributed by atoms with Crippen molar-refractivity contribution >= 4 is 11.9 Å². The average Bonchev–Trinajstić information content (AvgIpc) is 2.34. The van der Waals surface area contributed by atoms with Gasteiger partial charge in [-0.25, -0.2) is 0 Å². The van der Waals surface area contributed by atoms with E-state index in [0.717, 1.165) is 5.75 Å². The van der Waals surface area contributed by atoms with Gasteiger partial charge in [-0.2, -0.15) is 0 Å². The molecule has 1 aliphatic rings. The van der Waals surface area contributed by atoms with Gasteiger partial charge in [0.05, 0.1) is 18.4 Å². The van der Waals surface area contributed by atoms with Crippen molar-refractivity contribution in [2.24, 2.45) is 11.8 Å². The van der Waals surface area contributed by atoms with Crippen molar-refractivity contribution in [3.63, 3.8) is 0 Å². The van der Waals surface area contributed by atoms with Gasteiger partial charge >= 0.3 is 5.97 Å². The second kappa shape index (κ2) is 6.22. The van der Waals surface area contributed by atoms with Crippen LogP contribution in [0.1, 0.15) is 12.8 Å². The van der Waals surface area contributed by atoms with E-state index in [0.29, 0.717) is 26.0 Å². The van der Waals surface area contributed by atoms with E-state index >= 15 is 0 Å². The first-order chi connectivity index (χ1) is 9.18. The summed E-state index contributed by atoms with van der Waals surface area (Å²) in [5.74, 6) is -1.21. The fraction of sp³-hybridized carbons (Fsp3) is 0.429. The molecule has 1 aromatic carbocycles. The van der Waals surface area contributed by atoms with E-state index in [2.05, 4.69) is 5.32 Å². The highest BCUT2D eigenvalue weighted by atomic mass is 16.5. The Bertz CT molecular complexity index is 446. The van der Waals surface area contributed by atoms with Gasteiger partial charge in [-0.3, -0.25) is 9.59 Å². The maximum Gasteiger partial charge on any atom is 0.307 e. The molecular weight excluding hydrogens is 246 g/mol. The van der Waals surface area contributed by atoms with Crippen LogP contribution < -0.4 is 10.1 Å². The minimum atomic E-state index is -0.882. The van der Waals surface area contributed by atoms with Crippen molar-refractivity contribution in [2.75, 3.05) is 13.2 Å². The highest BCUT2D eigenvalue weighted by Crippen LogP contribution is 2.34. The molecule has 2 rings (SSSR count). The number of carboxylic acid groups (broad SMARTS) is 1. The number of rotatable bonds is 6. The summed E-state index contributed by atoms with van der Waals surface area (Å²) < 4.78 is 5.43. The summed E-state index contributed by atoms with van der Waals surface area (Å²) in [4.78, 5) is 22.5. The van der Waals surface area contributed by atoms with Gasteiger partial charge in [0, 0.05) is 0 Å². The number of amides is 1. The summed E-state index contributed by atoms with van der Waals surface area (Å²) in [5.41, 5.74) is 0. The zero-order chi connectivity index (χ0) is 13.7. The summed E-state index contributed by atoms with van der Waals surface area (Å²) in [6.45, 7) is 0.761. The van der Waals surface area contributed by atoms with Crippen molar-refractivity contribution in [1.29, 1.82) is 0 Å². The van der Waals surface area contributed by atoms with Crippen LogP contribution in [0.2, 0.25) is 0 Å². The lowest BCUT2D eigenvalue weighted by Crippen LogP contribution is -2.44. The molecule has 1 saturated carbocycles. The first kappa shape index (κ1) is 13.4. The first-order valence-electron chi connectivity index (χ1n) is 6.37. The lowest BCUT2D eigenvalue weighted by molar-refractivity contribution is -0.152. The van der Waals surface area contributed by atoms with Crippen molar-refractivity contribution in [3.05, 3.63) is 30.3 Å². The summed E-state index contributed by atoms with van der Waals surface area (Å²) in [6, 6.07) is 9.33. The van der Waals surface area contributed by atoms with Crippen LogP contribution in [0.4, 0.5) is 0 Å². The smallest absolute Gasteiger partial charge is 0.307 e. The molecule has 2 N–H and O–H groups in total. The van der Waals surface area contributed by atoms with E-state index in [1.807, 2.05) is 30.3 Å². The molecule has 0 spiro atoms. The minimum absolute atomic E-state index is 0.185. The normalized spacial score (nSPS) is 21.3. The van der Waals surface area contributed by atoms with E-state index in [4.69, 9.17) is 9.84 Å².